The molecule has 0 atom stereocenters. The van der Waals surface area contributed by atoms with Crippen LogP contribution in [0.25, 0.3) is 0 Å². The second-order valence-corrected chi connectivity index (χ2v) is 6.26. The van der Waals surface area contributed by atoms with E-state index in [0.717, 1.165) is 37.7 Å². The van der Waals surface area contributed by atoms with Crippen LogP contribution in [0.3, 0.4) is 0 Å². The molecule has 1 aromatic carbocycles. The Morgan fingerprint density at radius 2 is 2.15 bits per heavy atom. The van der Waals surface area contributed by atoms with E-state index in [1.54, 1.807) is 0 Å². The molecule has 3 heteroatoms. The maximum atomic E-state index is 13.0. The second-order valence-electron chi connectivity index (χ2n) is 6.26. The molecule has 0 aromatic heterocycles. The van der Waals surface area contributed by atoms with Gasteiger partial charge in [-0.3, -0.25) is 4.79 Å². The van der Waals surface area contributed by atoms with Crippen LogP contribution in [0.1, 0.15) is 43.2 Å². The number of nitrogens with zero attached hydrogens (tertiary/aromatic N) is 1. The van der Waals surface area contributed by atoms with Gasteiger partial charge in [-0.1, -0.05) is 36.2 Å². The number of amides is 1. The summed E-state index contributed by atoms with van der Waals surface area (Å²) in [4.78, 5) is 15.0. The third-order valence-electron chi connectivity index (χ3n) is 4.78. The Hall–Kier alpha value is -1.35. The van der Waals surface area contributed by atoms with E-state index in [2.05, 4.69) is 25.1 Å². The first-order chi connectivity index (χ1) is 9.67. The standard InChI is InChI=1S/C17H23NO2/c1-13-4-2-5-14(12-13)17(8-3-9-17)16(20)18(10-11-19)15-6-7-15/h2,4-5,12,15,19H,3,6-11H2,1H3. The predicted molar refractivity (Wildman–Crippen MR) is 78.5 cm³/mol. The first-order valence-electron chi connectivity index (χ1n) is 7.66. The lowest BCUT2D eigenvalue weighted by atomic mass is 9.63. The molecule has 1 amide bonds. The first kappa shape index (κ1) is 13.6. The summed E-state index contributed by atoms with van der Waals surface area (Å²) in [6.07, 6.45) is 5.20. The third-order valence-corrected chi connectivity index (χ3v) is 4.78. The van der Waals surface area contributed by atoms with Crippen molar-refractivity contribution >= 4 is 5.91 Å². The second kappa shape index (κ2) is 5.21. The molecule has 0 spiro atoms. The summed E-state index contributed by atoms with van der Waals surface area (Å²) in [5.41, 5.74) is 2.06. The van der Waals surface area contributed by atoms with Gasteiger partial charge in [0.25, 0.3) is 0 Å². The van der Waals surface area contributed by atoms with E-state index >= 15 is 0 Å². The summed E-state index contributed by atoms with van der Waals surface area (Å²) in [5.74, 6) is 0.242. The van der Waals surface area contributed by atoms with Crippen LogP contribution in [0.15, 0.2) is 24.3 Å². The lowest BCUT2D eigenvalue weighted by Crippen LogP contribution is -2.52. The van der Waals surface area contributed by atoms with E-state index in [9.17, 15) is 9.90 Å². The normalized spacial score (nSPS) is 20.3. The highest BCUT2D eigenvalue weighted by atomic mass is 16.3. The molecule has 2 fully saturated rings. The minimum Gasteiger partial charge on any atom is -0.395 e. The van der Waals surface area contributed by atoms with E-state index < -0.39 is 0 Å². The number of rotatable bonds is 5. The van der Waals surface area contributed by atoms with E-state index in [0.29, 0.717) is 12.6 Å². The Labute approximate surface area is 120 Å². The molecular weight excluding hydrogens is 250 g/mol. The van der Waals surface area contributed by atoms with Crippen LogP contribution in [-0.4, -0.2) is 35.1 Å². The predicted octanol–water partition coefficient (Wildman–Crippen LogP) is 2.40. The van der Waals surface area contributed by atoms with Gasteiger partial charge in [0, 0.05) is 12.6 Å². The molecule has 1 N–H and O–H groups in total. The maximum absolute atomic E-state index is 13.0. The number of hydrogen-bond donors (Lipinski definition) is 1. The summed E-state index contributed by atoms with van der Waals surface area (Å²) in [6, 6.07) is 8.74. The van der Waals surface area contributed by atoms with Gasteiger partial charge in [-0.25, -0.2) is 0 Å². The average Bonchev–Trinajstić information content (AvgIpc) is 3.19. The molecule has 0 radical (unpaired) electrons. The van der Waals surface area contributed by atoms with Crippen LogP contribution < -0.4 is 0 Å². The zero-order valence-electron chi connectivity index (χ0n) is 12.1. The van der Waals surface area contributed by atoms with E-state index in [4.69, 9.17) is 0 Å². The van der Waals surface area contributed by atoms with Crippen molar-refractivity contribution in [1.82, 2.24) is 4.90 Å². The van der Waals surface area contributed by atoms with Gasteiger partial charge in [0.1, 0.15) is 0 Å². The molecule has 0 bridgehead atoms. The molecule has 1 aromatic rings. The van der Waals surface area contributed by atoms with Crippen LogP contribution >= 0.6 is 0 Å². The quantitative estimate of drug-likeness (QED) is 0.895. The summed E-state index contributed by atoms with van der Waals surface area (Å²) >= 11 is 0. The lowest BCUT2D eigenvalue weighted by molar-refractivity contribution is -0.142. The van der Waals surface area contributed by atoms with Gasteiger partial charge < -0.3 is 10.0 Å². The number of benzene rings is 1. The molecule has 20 heavy (non-hydrogen) atoms. The van der Waals surface area contributed by atoms with Crippen molar-refractivity contribution in [2.75, 3.05) is 13.2 Å². The van der Waals surface area contributed by atoms with Crippen molar-refractivity contribution in [3.8, 4) is 0 Å². The van der Waals surface area contributed by atoms with E-state index in [-0.39, 0.29) is 17.9 Å². The molecule has 0 saturated heterocycles. The minimum atomic E-state index is -0.316. The summed E-state index contributed by atoms with van der Waals surface area (Å²) in [6.45, 7) is 2.62. The monoisotopic (exact) mass is 273 g/mol. The molecule has 2 saturated carbocycles. The molecule has 0 aliphatic heterocycles. The zero-order valence-corrected chi connectivity index (χ0v) is 12.1. The van der Waals surface area contributed by atoms with Crippen molar-refractivity contribution in [1.29, 1.82) is 0 Å². The number of aryl methyl sites for hydroxylation is 1. The SMILES string of the molecule is Cc1cccc(C2(C(=O)N(CCO)C3CC3)CCC2)c1. The Kier molecular flexibility index (Phi) is 3.55. The third kappa shape index (κ3) is 2.24. The molecule has 3 nitrogen and oxygen atoms in total. The first-order valence-corrected chi connectivity index (χ1v) is 7.66. The summed E-state index contributed by atoms with van der Waals surface area (Å²) in [5, 5.41) is 9.24. The Bertz CT molecular complexity index is 503. The van der Waals surface area contributed by atoms with E-state index in [1.807, 2.05) is 11.0 Å². The molecule has 2 aliphatic carbocycles. The topological polar surface area (TPSA) is 40.5 Å². The van der Waals surface area contributed by atoms with Gasteiger partial charge in [-0.05, 0) is 38.2 Å². The molecule has 0 unspecified atom stereocenters. The molecule has 108 valence electrons. The Morgan fingerprint density at radius 3 is 2.65 bits per heavy atom. The van der Waals surface area contributed by atoms with E-state index in [1.165, 1.54) is 5.56 Å². The van der Waals surface area contributed by atoms with Gasteiger partial charge in [0.15, 0.2) is 0 Å². The molecule has 2 aliphatic rings. The number of hydrogen-bond acceptors (Lipinski definition) is 2. The number of carbonyl (C=O) groups excluding carboxylic acids is 1. The Balaban J connectivity index is 1.89. The van der Waals surface area contributed by atoms with Crippen LogP contribution in [0.2, 0.25) is 0 Å². The smallest absolute Gasteiger partial charge is 0.233 e. The highest BCUT2D eigenvalue weighted by molar-refractivity contribution is 5.89. The fourth-order valence-corrected chi connectivity index (χ4v) is 3.32. The van der Waals surface area contributed by atoms with Crippen LogP contribution in [-0.2, 0) is 10.2 Å². The van der Waals surface area contributed by atoms with Gasteiger partial charge in [-0.15, -0.1) is 0 Å². The molecule has 3 rings (SSSR count). The van der Waals surface area contributed by atoms with Gasteiger partial charge >= 0.3 is 0 Å². The van der Waals surface area contributed by atoms with Crippen LogP contribution in [0.4, 0.5) is 0 Å². The maximum Gasteiger partial charge on any atom is 0.233 e. The largest absolute Gasteiger partial charge is 0.395 e. The van der Waals surface area contributed by atoms with Gasteiger partial charge in [-0.2, -0.15) is 0 Å². The zero-order chi connectivity index (χ0) is 14.2. The van der Waals surface area contributed by atoms with Crippen molar-refractivity contribution < 1.29 is 9.90 Å². The van der Waals surface area contributed by atoms with Crippen molar-refractivity contribution in [2.45, 2.75) is 50.5 Å². The lowest BCUT2D eigenvalue weighted by Gasteiger charge is -2.44. The van der Waals surface area contributed by atoms with Crippen molar-refractivity contribution in [3.05, 3.63) is 35.4 Å². The van der Waals surface area contributed by atoms with Crippen LogP contribution in [0, 0.1) is 6.92 Å². The fraction of sp³-hybridized carbons (Fsp3) is 0.588. The highest BCUT2D eigenvalue weighted by Gasteiger charge is 2.49. The molecule has 0 heterocycles. The van der Waals surface area contributed by atoms with Gasteiger partial charge in [0.2, 0.25) is 5.91 Å². The average molecular weight is 273 g/mol. The number of carbonyl (C=O) groups is 1. The highest BCUT2D eigenvalue weighted by Crippen LogP contribution is 2.46. The minimum absolute atomic E-state index is 0.0616. The molecular formula is C17H23NO2. The Morgan fingerprint density at radius 1 is 1.40 bits per heavy atom. The summed E-state index contributed by atoms with van der Waals surface area (Å²) in [7, 11) is 0. The summed E-state index contributed by atoms with van der Waals surface area (Å²) < 4.78 is 0. The van der Waals surface area contributed by atoms with Gasteiger partial charge in [0.05, 0.1) is 12.0 Å². The number of aliphatic hydroxyl groups is 1. The number of aliphatic hydroxyl groups excluding tert-OH is 1. The van der Waals surface area contributed by atoms with Crippen molar-refractivity contribution in [2.24, 2.45) is 0 Å². The van der Waals surface area contributed by atoms with Crippen molar-refractivity contribution in [3.63, 3.8) is 0 Å². The van der Waals surface area contributed by atoms with Crippen LogP contribution in [0.5, 0.6) is 0 Å². The fourth-order valence-electron chi connectivity index (χ4n) is 3.32.